The highest BCUT2D eigenvalue weighted by molar-refractivity contribution is 5.63. The average molecular weight is 224 g/mol. The predicted octanol–water partition coefficient (Wildman–Crippen LogP) is 2.35. The fraction of sp³-hybridized carbons (Fsp3) is 0.154. The standard InChI is InChI=1S/C13H12N4/c1-2-10-13(11-5-3-4-6-15-11)17-8-7-14-9-12(17)16-10/h3-9H,2H2,1H3. The molecule has 3 aromatic rings. The first-order chi connectivity index (χ1) is 8.40. The summed E-state index contributed by atoms with van der Waals surface area (Å²) in [5.74, 6) is 0. The van der Waals surface area contributed by atoms with Gasteiger partial charge in [0, 0.05) is 18.6 Å². The van der Waals surface area contributed by atoms with E-state index in [1.54, 1.807) is 18.6 Å². The minimum atomic E-state index is 0.866. The summed E-state index contributed by atoms with van der Waals surface area (Å²) < 4.78 is 2.04. The zero-order chi connectivity index (χ0) is 11.7. The molecule has 0 aliphatic heterocycles. The van der Waals surface area contributed by atoms with Crippen molar-refractivity contribution in [3.8, 4) is 11.4 Å². The van der Waals surface area contributed by atoms with Crippen LogP contribution in [0, 0.1) is 0 Å². The maximum Gasteiger partial charge on any atom is 0.156 e. The molecule has 0 unspecified atom stereocenters. The highest BCUT2D eigenvalue weighted by atomic mass is 15.0. The van der Waals surface area contributed by atoms with Gasteiger partial charge >= 0.3 is 0 Å². The second-order valence-corrected chi connectivity index (χ2v) is 3.78. The van der Waals surface area contributed by atoms with Crippen molar-refractivity contribution in [2.24, 2.45) is 0 Å². The molecule has 0 saturated heterocycles. The van der Waals surface area contributed by atoms with Crippen molar-refractivity contribution in [3.05, 3.63) is 48.7 Å². The molecule has 0 aliphatic carbocycles. The number of hydrogen-bond donors (Lipinski definition) is 0. The Morgan fingerprint density at radius 2 is 2.18 bits per heavy atom. The Kier molecular flexibility index (Phi) is 2.33. The minimum Gasteiger partial charge on any atom is -0.295 e. The fourth-order valence-electron chi connectivity index (χ4n) is 1.98. The molecule has 0 N–H and O–H groups in total. The molecule has 0 bridgehead atoms. The maximum atomic E-state index is 4.57. The number of aryl methyl sites for hydroxylation is 1. The van der Waals surface area contributed by atoms with Gasteiger partial charge in [0.2, 0.25) is 0 Å². The van der Waals surface area contributed by atoms with Crippen LogP contribution in [0.5, 0.6) is 0 Å². The number of hydrogen-bond acceptors (Lipinski definition) is 3. The molecule has 0 aromatic carbocycles. The maximum absolute atomic E-state index is 4.57. The Labute approximate surface area is 99.0 Å². The SMILES string of the molecule is CCc1nc2cnccn2c1-c1ccccn1. The molecule has 0 saturated carbocycles. The van der Waals surface area contributed by atoms with Gasteiger partial charge in [-0.2, -0.15) is 0 Å². The average Bonchev–Trinajstić information content (AvgIpc) is 2.78. The van der Waals surface area contributed by atoms with E-state index in [4.69, 9.17) is 0 Å². The Morgan fingerprint density at radius 1 is 1.24 bits per heavy atom. The second-order valence-electron chi connectivity index (χ2n) is 3.78. The van der Waals surface area contributed by atoms with Crippen molar-refractivity contribution >= 4 is 5.65 Å². The topological polar surface area (TPSA) is 43.1 Å². The van der Waals surface area contributed by atoms with E-state index < -0.39 is 0 Å². The molecule has 0 spiro atoms. The smallest absolute Gasteiger partial charge is 0.156 e. The zero-order valence-corrected chi connectivity index (χ0v) is 9.54. The molecule has 0 atom stereocenters. The summed E-state index contributed by atoms with van der Waals surface area (Å²) in [4.78, 5) is 13.1. The van der Waals surface area contributed by atoms with E-state index in [9.17, 15) is 0 Å². The molecule has 4 nitrogen and oxygen atoms in total. The van der Waals surface area contributed by atoms with Crippen molar-refractivity contribution in [2.45, 2.75) is 13.3 Å². The van der Waals surface area contributed by atoms with Gasteiger partial charge in [-0.05, 0) is 18.6 Å². The van der Waals surface area contributed by atoms with Crippen molar-refractivity contribution in [1.29, 1.82) is 0 Å². The summed E-state index contributed by atoms with van der Waals surface area (Å²) in [6, 6.07) is 5.91. The molecule has 0 amide bonds. The van der Waals surface area contributed by atoms with Crippen LogP contribution >= 0.6 is 0 Å². The van der Waals surface area contributed by atoms with Crippen molar-refractivity contribution in [2.75, 3.05) is 0 Å². The third kappa shape index (κ3) is 1.58. The van der Waals surface area contributed by atoms with Crippen LogP contribution in [0.25, 0.3) is 17.0 Å². The van der Waals surface area contributed by atoms with Gasteiger partial charge in [0.25, 0.3) is 0 Å². The zero-order valence-electron chi connectivity index (χ0n) is 9.54. The number of aromatic nitrogens is 4. The number of imidazole rings is 1. The lowest BCUT2D eigenvalue weighted by molar-refractivity contribution is 1.06. The van der Waals surface area contributed by atoms with Crippen molar-refractivity contribution < 1.29 is 0 Å². The van der Waals surface area contributed by atoms with Gasteiger partial charge in [0.15, 0.2) is 5.65 Å². The summed E-state index contributed by atoms with van der Waals surface area (Å²) in [5, 5.41) is 0. The van der Waals surface area contributed by atoms with Crippen molar-refractivity contribution in [3.63, 3.8) is 0 Å². The Hall–Kier alpha value is -2.23. The largest absolute Gasteiger partial charge is 0.295 e. The summed E-state index contributed by atoms with van der Waals surface area (Å²) in [5.41, 5.74) is 3.93. The van der Waals surface area contributed by atoms with Crippen LogP contribution in [0.2, 0.25) is 0 Å². The molecule has 3 heterocycles. The van der Waals surface area contributed by atoms with Crippen LogP contribution in [0.1, 0.15) is 12.6 Å². The summed E-state index contributed by atoms with van der Waals surface area (Å²) >= 11 is 0. The van der Waals surface area contributed by atoms with Crippen LogP contribution in [-0.4, -0.2) is 19.4 Å². The summed E-state index contributed by atoms with van der Waals surface area (Å²) in [6.45, 7) is 2.10. The van der Waals surface area contributed by atoms with E-state index in [2.05, 4.69) is 21.9 Å². The highest BCUT2D eigenvalue weighted by Crippen LogP contribution is 2.23. The van der Waals surface area contributed by atoms with Gasteiger partial charge < -0.3 is 0 Å². The van der Waals surface area contributed by atoms with Crippen LogP contribution in [0.4, 0.5) is 0 Å². The third-order valence-electron chi connectivity index (χ3n) is 2.74. The van der Waals surface area contributed by atoms with Gasteiger partial charge in [0.05, 0.1) is 23.3 Å². The monoisotopic (exact) mass is 224 g/mol. The molecule has 17 heavy (non-hydrogen) atoms. The van der Waals surface area contributed by atoms with E-state index in [-0.39, 0.29) is 0 Å². The first-order valence-corrected chi connectivity index (χ1v) is 5.62. The Morgan fingerprint density at radius 3 is 2.94 bits per heavy atom. The minimum absolute atomic E-state index is 0.866. The highest BCUT2D eigenvalue weighted by Gasteiger charge is 2.12. The first kappa shape index (κ1) is 9.96. The quantitative estimate of drug-likeness (QED) is 0.671. The van der Waals surface area contributed by atoms with E-state index in [0.717, 1.165) is 29.1 Å². The van der Waals surface area contributed by atoms with Gasteiger partial charge in [-0.3, -0.25) is 14.4 Å². The van der Waals surface area contributed by atoms with Crippen LogP contribution in [0.15, 0.2) is 43.0 Å². The number of pyridine rings is 1. The Balaban J connectivity index is 2.34. The van der Waals surface area contributed by atoms with Crippen LogP contribution in [-0.2, 0) is 6.42 Å². The molecule has 3 rings (SSSR count). The summed E-state index contributed by atoms with van der Waals surface area (Å²) in [7, 11) is 0. The van der Waals surface area contributed by atoms with Gasteiger partial charge in [-0.1, -0.05) is 13.0 Å². The molecular weight excluding hydrogens is 212 g/mol. The molecule has 0 fully saturated rings. The summed E-state index contributed by atoms with van der Waals surface area (Å²) in [6.07, 6.45) is 8.14. The van der Waals surface area contributed by atoms with Crippen molar-refractivity contribution in [1.82, 2.24) is 19.4 Å². The predicted molar refractivity (Wildman–Crippen MR) is 65.6 cm³/mol. The molecular formula is C13H12N4. The molecule has 0 aliphatic rings. The van der Waals surface area contributed by atoms with E-state index >= 15 is 0 Å². The van der Waals surface area contributed by atoms with Gasteiger partial charge in [-0.25, -0.2) is 4.98 Å². The normalized spacial score (nSPS) is 10.9. The van der Waals surface area contributed by atoms with Crippen LogP contribution < -0.4 is 0 Å². The van der Waals surface area contributed by atoms with Crippen LogP contribution in [0.3, 0.4) is 0 Å². The molecule has 84 valence electrons. The van der Waals surface area contributed by atoms with E-state index in [0.29, 0.717) is 0 Å². The van der Waals surface area contributed by atoms with E-state index in [1.807, 2.05) is 28.8 Å². The molecule has 3 aromatic heterocycles. The number of nitrogens with zero attached hydrogens (tertiary/aromatic N) is 4. The van der Waals surface area contributed by atoms with Gasteiger partial charge in [-0.15, -0.1) is 0 Å². The first-order valence-electron chi connectivity index (χ1n) is 5.62. The Bertz CT molecular complexity index is 643. The molecule has 4 heteroatoms. The fourth-order valence-corrected chi connectivity index (χ4v) is 1.98. The van der Waals surface area contributed by atoms with E-state index in [1.165, 1.54) is 0 Å². The molecule has 0 radical (unpaired) electrons. The second kappa shape index (κ2) is 3.97. The number of fused-ring (bicyclic) bond motifs is 1. The lowest BCUT2D eigenvalue weighted by atomic mass is 10.2. The lowest BCUT2D eigenvalue weighted by Gasteiger charge is -2.02. The third-order valence-corrected chi connectivity index (χ3v) is 2.74. The van der Waals surface area contributed by atoms with Gasteiger partial charge in [0.1, 0.15) is 0 Å². The lowest BCUT2D eigenvalue weighted by Crippen LogP contribution is -1.92. The number of rotatable bonds is 2.